The second-order valence-electron chi connectivity index (χ2n) is 1.53. The molecule has 0 rings (SSSR count). The van der Waals surface area contributed by atoms with Crippen molar-refractivity contribution in [1.29, 1.82) is 0 Å². The van der Waals surface area contributed by atoms with E-state index in [9.17, 15) is 19.8 Å². The number of aliphatic carboxylic acids is 2. The van der Waals surface area contributed by atoms with E-state index >= 15 is 0 Å². The minimum Gasteiger partial charge on any atom is -0.547 e. The Kier molecular flexibility index (Phi) is 13.1. The number of carbonyl (C=O) groups is 2. The molecule has 12 heavy (non-hydrogen) atoms. The summed E-state index contributed by atoms with van der Waals surface area (Å²) in [6.45, 7) is 0. The monoisotopic (exact) mass is 236 g/mol. The van der Waals surface area contributed by atoms with Gasteiger partial charge in [-0.2, -0.15) is 0 Å². The van der Waals surface area contributed by atoms with Crippen molar-refractivity contribution in [2.45, 2.75) is 12.2 Å². The SMILES string of the molecule is O=C([O-])C(O)C(O)C(=O)[O-].[Ca+2].[Ti]. The Morgan fingerprint density at radius 1 is 1.00 bits per heavy atom. The summed E-state index contributed by atoms with van der Waals surface area (Å²) in [4.78, 5) is 19.3. The smallest absolute Gasteiger partial charge is 0.547 e. The van der Waals surface area contributed by atoms with E-state index in [-0.39, 0.29) is 59.5 Å². The first-order valence-corrected chi connectivity index (χ1v) is 2.24. The van der Waals surface area contributed by atoms with Gasteiger partial charge < -0.3 is 30.0 Å². The predicted molar refractivity (Wildman–Crippen MR) is 27.8 cm³/mol. The van der Waals surface area contributed by atoms with Gasteiger partial charge in [0.15, 0.2) is 0 Å². The molecule has 0 amide bonds. The maximum absolute atomic E-state index is 9.63. The van der Waals surface area contributed by atoms with Gasteiger partial charge in [0.05, 0.1) is 11.9 Å². The molecule has 0 aromatic heterocycles. The Morgan fingerprint density at radius 3 is 1.25 bits per heavy atom. The van der Waals surface area contributed by atoms with Crippen LogP contribution in [-0.2, 0) is 31.3 Å². The van der Waals surface area contributed by atoms with E-state index in [0.717, 1.165) is 0 Å². The number of rotatable bonds is 3. The van der Waals surface area contributed by atoms with E-state index < -0.39 is 24.1 Å². The standard InChI is InChI=1S/C4H6O6.Ca.Ti/c5-1(3(7)8)2(6)4(9)10;;/h1-2,5-6H,(H,7,8)(H,9,10);;/q;+2;/p-2. The molecule has 6 nitrogen and oxygen atoms in total. The van der Waals surface area contributed by atoms with Crippen LogP contribution in [0, 0.1) is 0 Å². The van der Waals surface area contributed by atoms with Crippen molar-refractivity contribution >= 4 is 49.7 Å². The average molecular weight is 236 g/mol. The topological polar surface area (TPSA) is 121 Å². The Balaban J connectivity index is -0.000000405. The van der Waals surface area contributed by atoms with Crippen LogP contribution in [0.25, 0.3) is 0 Å². The van der Waals surface area contributed by atoms with Crippen LogP contribution in [0.3, 0.4) is 0 Å². The predicted octanol–water partition coefficient (Wildman–Crippen LogP) is -5.18. The minimum absolute atomic E-state index is 0. The third kappa shape index (κ3) is 6.36. The van der Waals surface area contributed by atoms with E-state index in [0.29, 0.717) is 0 Å². The third-order valence-electron chi connectivity index (χ3n) is 0.782. The van der Waals surface area contributed by atoms with Gasteiger partial charge in [0.2, 0.25) is 0 Å². The number of hydrogen-bond acceptors (Lipinski definition) is 6. The van der Waals surface area contributed by atoms with Gasteiger partial charge in [-0.3, -0.25) is 0 Å². The number of aliphatic hydroxyl groups is 2. The molecular weight excluding hydrogens is 232 g/mol. The fourth-order valence-corrected chi connectivity index (χ4v) is 0.258. The molecule has 0 saturated heterocycles. The van der Waals surface area contributed by atoms with Gasteiger partial charge >= 0.3 is 37.7 Å². The molecule has 0 fully saturated rings. The fourth-order valence-electron chi connectivity index (χ4n) is 0.258. The zero-order valence-electron chi connectivity index (χ0n) is 5.89. The van der Waals surface area contributed by atoms with Gasteiger partial charge in [-0.15, -0.1) is 0 Å². The maximum atomic E-state index is 9.63. The van der Waals surface area contributed by atoms with Gasteiger partial charge in [-0.05, 0) is 0 Å². The number of aliphatic hydroxyl groups excluding tert-OH is 2. The summed E-state index contributed by atoms with van der Waals surface area (Å²) in [5, 5.41) is 35.7. The van der Waals surface area contributed by atoms with E-state index in [4.69, 9.17) is 10.2 Å². The molecule has 0 heterocycles. The zero-order valence-corrected chi connectivity index (χ0v) is 9.66. The number of hydrogen-bond donors (Lipinski definition) is 2. The molecule has 62 valence electrons. The minimum atomic E-state index is -2.44. The molecule has 0 saturated carbocycles. The number of carboxylic acid groups (broad SMARTS) is 2. The summed E-state index contributed by atoms with van der Waals surface area (Å²) in [5.74, 6) is -4.12. The van der Waals surface area contributed by atoms with Crippen molar-refractivity contribution in [2.24, 2.45) is 0 Å². The second-order valence-corrected chi connectivity index (χ2v) is 1.53. The quantitative estimate of drug-likeness (QED) is 0.472. The average Bonchev–Trinajstić information content (AvgIpc) is 1.84. The molecule has 2 unspecified atom stereocenters. The van der Waals surface area contributed by atoms with E-state index in [1.807, 2.05) is 0 Å². The molecule has 0 aliphatic heterocycles. The van der Waals surface area contributed by atoms with Crippen molar-refractivity contribution in [2.75, 3.05) is 0 Å². The summed E-state index contributed by atoms with van der Waals surface area (Å²) < 4.78 is 0. The number of carbonyl (C=O) groups excluding carboxylic acids is 2. The Bertz CT molecular complexity index is 144. The molecule has 8 heteroatoms. The Hall–Kier alpha value is 0.834. The van der Waals surface area contributed by atoms with Gasteiger partial charge in [0.25, 0.3) is 0 Å². The third-order valence-corrected chi connectivity index (χ3v) is 0.782. The van der Waals surface area contributed by atoms with Crippen LogP contribution < -0.4 is 10.2 Å². The first-order chi connectivity index (χ1) is 4.46. The van der Waals surface area contributed by atoms with Gasteiger partial charge in [-0.1, -0.05) is 0 Å². The molecular formula is C4H4CaO6Ti. The second kappa shape index (κ2) is 8.43. The fraction of sp³-hybridized carbons (Fsp3) is 0.500. The van der Waals surface area contributed by atoms with Crippen molar-refractivity contribution in [1.82, 2.24) is 0 Å². The summed E-state index contributed by atoms with van der Waals surface area (Å²) in [5.41, 5.74) is 0. The molecule has 0 aromatic carbocycles. The molecule has 2 N–H and O–H groups in total. The van der Waals surface area contributed by atoms with Crippen LogP contribution in [0.4, 0.5) is 0 Å². The van der Waals surface area contributed by atoms with Crippen LogP contribution in [0.5, 0.6) is 0 Å². The van der Waals surface area contributed by atoms with Crippen molar-refractivity contribution in [3.05, 3.63) is 0 Å². The van der Waals surface area contributed by atoms with Crippen LogP contribution in [0.2, 0.25) is 0 Å². The first kappa shape index (κ1) is 18.6. The Labute approximate surface area is 112 Å². The van der Waals surface area contributed by atoms with Crippen LogP contribution in [0.1, 0.15) is 0 Å². The molecule has 0 aromatic rings. The Morgan fingerprint density at radius 2 is 1.17 bits per heavy atom. The first-order valence-electron chi connectivity index (χ1n) is 2.24. The van der Waals surface area contributed by atoms with Crippen molar-refractivity contribution < 1.29 is 51.7 Å². The number of carboxylic acids is 2. The normalized spacial score (nSPS) is 13.2. The van der Waals surface area contributed by atoms with E-state index in [1.165, 1.54) is 0 Å². The molecule has 2 atom stereocenters. The van der Waals surface area contributed by atoms with Gasteiger partial charge in [-0.25, -0.2) is 0 Å². The van der Waals surface area contributed by atoms with Crippen LogP contribution in [0.15, 0.2) is 0 Å². The van der Waals surface area contributed by atoms with Crippen molar-refractivity contribution in [3.8, 4) is 0 Å². The van der Waals surface area contributed by atoms with Crippen LogP contribution in [-0.4, -0.2) is 72.1 Å². The molecule has 0 spiro atoms. The molecule has 0 aliphatic carbocycles. The van der Waals surface area contributed by atoms with E-state index in [2.05, 4.69) is 0 Å². The van der Waals surface area contributed by atoms with Gasteiger partial charge in [0, 0.05) is 21.7 Å². The largest absolute Gasteiger partial charge is 2.00 e. The van der Waals surface area contributed by atoms with Gasteiger partial charge in [0.1, 0.15) is 12.2 Å². The van der Waals surface area contributed by atoms with Crippen molar-refractivity contribution in [3.63, 3.8) is 0 Å². The molecule has 0 radical (unpaired) electrons. The summed E-state index contributed by atoms with van der Waals surface area (Å²) in [7, 11) is 0. The zero-order chi connectivity index (χ0) is 8.31. The van der Waals surface area contributed by atoms with Crippen LogP contribution >= 0.6 is 0 Å². The molecule has 0 bridgehead atoms. The molecule has 0 aliphatic rings. The maximum Gasteiger partial charge on any atom is 2.00 e. The summed E-state index contributed by atoms with van der Waals surface area (Å²) in [6.07, 6.45) is -4.88. The summed E-state index contributed by atoms with van der Waals surface area (Å²) >= 11 is 0. The summed E-state index contributed by atoms with van der Waals surface area (Å²) in [6, 6.07) is 0. The van der Waals surface area contributed by atoms with E-state index in [1.54, 1.807) is 0 Å².